The molecule has 136 valence electrons. The average Bonchev–Trinajstić information content (AvgIpc) is 3.05. The molecule has 0 spiro atoms. The molecule has 2 aromatic rings. The molecule has 2 atom stereocenters. The van der Waals surface area contributed by atoms with Gasteiger partial charge < -0.3 is 15.3 Å². The lowest BCUT2D eigenvalue weighted by Crippen LogP contribution is -2.45. The van der Waals surface area contributed by atoms with Gasteiger partial charge in [0.05, 0.1) is 18.1 Å². The Morgan fingerprint density at radius 1 is 1.15 bits per heavy atom. The van der Waals surface area contributed by atoms with Gasteiger partial charge in [0.25, 0.3) is 0 Å². The number of likely N-dealkylation sites (tertiary alicyclic amines) is 1. The van der Waals surface area contributed by atoms with E-state index in [0.29, 0.717) is 6.54 Å². The summed E-state index contributed by atoms with van der Waals surface area (Å²) in [7, 11) is 0. The molecule has 1 fully saturated rings. The van der Waals surface area contributed by atoms with Crippen LogP contribution in [0.15, 0.2) is 60.7 Å². The molecule has 3 rings (SSSR count). The standard InChI is InChI=1S/C21H24N2O3/c1-16(18-10-6-3-7-11-18)23-14-21(15-24,12-19(23)25)20(26)22-13-17-8-4-2-5-9-17/h2-11,16,24H,12-15H2,1H3,(H,22,26)/t16-,21?/m0/s1. The first-order valence-electron chi connectivity index (χ1n) is 8.83. The van der Waals surface area contributed by atoms with E-state index in [2.05, 4.69) is 5.32 Å². The van der Waals surface area contributed by atoms with Crippen LogP contribution in [-0.4, -0.2) is 35.0 Å². The van der Waals surface area contributed by atoms with Crippen LogP contribution in [-0.2, 0) is 16.1 Å². The van der Waals surface area contributed by atoms with Gasteiger partial charge >= 0.3 is 0 Å². The second-order valence-corrected chi connectivity index (χ2v) is 6.89. The number of aliphatic hydroxyl groups excluding tert-OH is 1. The Morgan fingerprint density at radius 2 is 1.77 bits per heavy atom. The molecule has 5 nitrogen and oxygen atoms in total. The molecule has 2 aromatic carbocycles. The Labute approximate surface area is 153 Å². The Bertz CT molecular complexity index is 763. The van der Waals surface area contributed by atoms with Gasteiger partial charge in [-0.05, 0) is 18.1 Å². The minimum atomic E-state index is -1.09. The molecule has 0 aliphatic carbocycles. The lowest BCUT2D eigenvalue weighted by atomic mass is 9.86. The number of carbonyl (C=O) groups is 2. The van der Waals surface area contributed by atoms with E-state index < -0.39 is 5.41 Å². The number of carbonyl (C=O) groups excluding carboxylic acids is 2. The van der Waals surface area contributed by atoms with Gasteiger partial charge in [0, 0.05) is 19.5 Å². The second-order valence-electron chi connectivity index (χ2n) is 6.89. The number of nitrogens with zero attached hydrogens (tertiary/aromatic N) is 1. The fraction of sp³-hybridized carbons (Fsp3) is 0.333. The van der Waals surface area contributed by atoms with Crippen molar-refractivity contribution in [1.82, 2.24) is 10.2 Å². The Balaban J connectivity index is 1.71. The number of hydrogen-bond acceptors (Lipinski definition) is 3. The first kappa shape index (κ1) is 18.1. The molecule has 26 heavy (non-hydrogen) atoms. The summed E-state index contributed by atoms with van der Waals surface area (Å²) in [5.41, 5.74) is 0.904. The van der Waals surface area contributed by atoms with E-state index in [9.17, 15) is 14.7 Å². The van der Waals surface area contributed by atoms with Gasteiger partial charge in [-0.25, -0.2) is 0 Å². The molecule has 0 saturated carbocycles. The van der Waals surface area contributed by atoms with Crippen molar-refractivity contribution in [3.63, 3.8) is 0 Å². The van der Waals surface area contributed by atoms with Crippen molar-refractivity contribution in [2.75, 3.05) is 13.2 Å². The summed E-state index contributed by atoms with van der Waals surface area (Å²) < 4.78 is 0. The predicted molar refractivity (Wildman–Crippen MR) is 99.0 cm³/mol. The van der Waals surface area contributed by atoms with Crippen molar-refractivity contribution in [2.24, 2.45) is 5.41 Å². The van der Waals surface area contributed by atoms with Crippen molar-refractivity contribution in [1.29, 1.82) is 0 Å². The second kappa shape index (κ2) is 7.70. The lowest BCUT2D eigenvalue weighted by molar-refractivity contribution is -0.134. The third kappa shape index (κ3) is 3.63. The third-order valence-corrected chi connectivity index (χ3v) is 5.11. The highest BCUT2D eigenvalue weighted by Crippen LogP contribution is 2.36. The molecule has 1 saturated heterocycles. The van der Waals surface area contributed by atoms with E-state index in [4.69, 9.17) is 0 Å². The summed E-state index contributed by atoms with van der Waals surface area (Å²) in [6, 6.07) is 19.2. The third-order valence-electron chi connectivity index (χ3n) is 5.11. The Kier molecular flexibility index (Phi) is 5.38. The number of rotatable bonds is 6. The molecule has 2 amide bonds. The van der Waals surface area contributed by atoms with Gasteiger partial charge in [0.15, 0.2) is 0 Å². The van der Waals surface area contributed by atoms with Crippen LogP contribution in [0.25, 0.3) is 0 Å². The maximum atomic E-state index is 12.8. The van der Waals surface area contributed by atoms with Crippen LogP contribution in [0.2, 0.25) is 0 Å². The molecule has 5 heteroatoms. The average molecular weight is 352 g/mol. The number of aliphatic hydroxyl groups is 1. The summed E-state index contributed by atoms with van der Waals surface area (Å²) in [5.74, 6) is -0.384. The first-order valence-corrected chi connectivity index (χ1v) is 8.83. The predicted octanol–water partition coefficient (Wildman–Crippen LogP) is 2.28. The normalized spacial score (nSPS) is 20.8. The molecule has 1 aliphatic heterocycles. The topological polar surface area (TPSA) is 69.6 Å². The first-order chi connectivity index (χ1) is 12.6. The maximum absolute atomic E-state index is 12.8. The van der Waals surface area contributed by atoms with Gasteiger partial charge in [-0.2, -0.15) is 0 Å². The Hall–Kier alpha value is -2.66. The summed E-state index contributed by atoms with van der Waals surface area (Å²) in [6.45, 7) is 2.20. The van der Waals surface area contributed by atoms with E-state index in [-0.39, 0.29) is 37.4 Å². The molecule has 0 aromatic heterocycles. The molecule has 0 radical (unpaired) electrons. The van der Waals surface area contributed by atoms with Crippen molar-refractivity contribution in [3.05, 3.63) is 71.8 Å². The molecule has 2 N–H and O–H groups in total. The molecule has 1 unspecified atom stereocenters. The van der Waals surface area contributed by atoms with Gasteiger partial charge in [-0.3, -0.25) is 9.59 Å². The van der Waals surface area contributed by atoms with Gasteiger partial charge in [0.1, 0.15) is 0 Å². The van der Waals surface area contributed by atoms with Gasteiger partial charge in [-0.15, -0.1) is 0 Å². The maximum Gasteiger partial charge on any atom is 0.231 e. The fourth-order valence-corrected chi connectivity index (χ4v) is 3.42. The fourth-order valence-electron chi connectivity index (χ4n) is 3.42. The van der Waals surface area contributed by atoms with Crippen molar-refractivity contribution in [2.45, 2.75) is 25.9 Å². The quantitative estimate of drug-likeness (QED) is 0.838. The van der Waals surface area contributed by atoms with Crippen molar-refractivity contribution < 1.29 is 14.7 Å². The van der Waals surface area contributed by atoms with Crippen LogP contribution in [0.5, 0.6) is 0 Å². The summed E-state index contributed by atoms with van der Waals surface area (Å²) in [5, 5.41) is 12.8. The summed E-state index contributed by atoms with van der Waals surface area (Å²) in [6.07, 6.45) is 0.0291. The van der Waals surface area contributed by atoms with Crippen LogP contribution < -0.4 is 5.32 Å². The number of hydrogen-bond donors (Lipinski definition) is 2. The molecular weight excluding hydrogens is 328 g/mol. The summed E-state index contributed by atoms with van der Waals surface area (Å²) >= 11 is 0. The van der Waals surface area contributed by atoms with Crippen LogP contribution >= 0.6 is 0 Å². The van der Waals surface area contributed by atoms with E-state index in [1.165, 1.54) is 0 Å². The zero-order valence-electron chi connectivity index (χ0n) is 14.9. The van der Waals surface area contributed by atoms with E-state index in [1.54, 1.807) is 4.90 Å². The largest absolute Gasteiger partial charge is 0.395 e. The molecule has 1 aliphatic rings. The molecule has 1 heterocycles. The monoisotopic (exact) mass is 352 g/mol. The van der Waals surface area contributed by atoms with Crippen molar-refractivity contribution >= 4 is 11.8 Å². The number of benzene rings is 2. The molecule has 0 bridgehead atoms. The zero-order valence-corrected chi connectivity index (χ0v) is 14.9. The number of amides is 2. The van der Waals surface area contributed by atoms with Gasteiger partial charge in [0.2, 0.25) is 11.8 Å². The van der Waals surface area contributed by atoms with Crippen LogP contribution in [0, 0.1) is 5.41 Å². The van der Waals surface area contributed by atoms with Crippen molar-refractivity contribution in [3.8, 4) is 0 Å². The SMILES string of the molecule is C[C@@H](c1ccccc1)N1CC(CO)(C(=O)NCc2ccccc2)CC1=O. The lowest BCUT2D eigenvalue weighted by Gasteiger charge is -2.29. The van der Waals surface area contributed by atoms with E-state index in [0.717, 1.165) is 11.1 Å². The van der Waals surface area contributed by atoms with E-state index in [1.807, 2.05) is 67.6 Å². The van der Waals surface area contributed by atoms with Crippen LogP contribution in [0.3, 0.4) is 0 Å². The molecular formula is C21H24N2O3. The minimum absolute atomic E-state index is 0.0291. The Morgan fingerprint density at radius 3 is 2.38 bits per heavy atom. The highest BCUT2D eigenvalue weighted by molar-refractivity contribution is 5.92. The highest BCUT2D eigenvalue weighted by Gasteiger charge is 2.49. The summed E-state index contributed by atoms with van der Waals surface area (Å²) in [4.78, 5) is 27.0. The number of nitrogens with one attached hydrogen (secondary N) is 1. The smallest absolute Gasteiger partial charge is 0.231 e. The van der Waals surface area contributed by atoms with E-state index >= 15 is 0 Å². The van der Waals surface area contributed by atoms with Crippen LogP contribution in [0.1, 0.15) is 30.5 Å². The zero-order chi connectivity index (χ0) is 18.6. The minimum Gasteiger partial charge on any atom is -0.395 e. The van der Waals surface area contributed by atoms with Gasteiger partial charge in [-0.1, -0.05) is 60.7 Å². The highest BCUT2D eigenvalue weighted by atomic mass is 16.3. The van der Waals surface area contributed by atoms with Crippen LogP contribution in [0.4, 0.5) is 0 Å².